The first-order valence-electron chi connectivity index (χ1n) is 5.59. The monoisotopic (exact) mass is 228 g/mol. The van der Waals surface area contributed by atoms with Gasteiger partial charge in [-0.15, -0.1) is 0 Å². The van der Waals surface area contributed by atoms with Gasteiger partial charge in [-0.1, -0.05) is 20.3 Å². The molecule has 2 unspecified atom stereocenters. The van der Waals surface area contributed by atoms with Gasteiger partial charge in [0, 0.05) is 11.6 Å². The van der Waals surface area contributed by atoms with Crippen LogP contribution in [0.25, 0.3) is 0 Å². The minimum absolute atomic E-state index is 0.194. The quantitative estimate of drug-likeness (QED) is 0.832. The normalized spacial score (nSPS) is 14.9. The number of hydrogen-bond acceptors (Lipinski definition) is 1. The van der Waals surface area contributed by atoms with Crippen molar-refractivity contribution < 1.29 is 13.9 Å². The molecule has 0 saturated carbocycles. The topological polar surface area (TPSA) is 20.2 Å². The summed E-state index contributed by atoms with van der Waals surface area (Å²) in [5.41, 5.74) is 0.554. The second kappa shape index (κ2) is 5.39. The van der Waals surface area contributed by atoms with Crippen molar-refractivity contribution >= 4 is 0 Å². The summed E-state index contributed by atoms with van der Waals surface area (Å²) in [5, 5.41) is 9.86. The average Bonchev–Trinajstić information content (AvgIpc) is 2.23. The van der Waals surface area contributed by atoms with E-state index in [0.717, 1.165) is 12.5 Å². The summed E-state index contributed by atoms with van der Waals surface area (Å²) in [6, 6.07) is 2.22. The fourth-order valence-electron chi connectivity index (χ4n) is 1.61. The van der Waals surface area contributed by atoms with E-state index in [2.05, 4.69) is 0 Å². The molecule has 0 aliphatic rings. The molecular weight excluding hydrogens is 210 g/mol. The van der Waals surface area contributed by atoms with Crippen LogP contribution in [0.4, 0.5) is 8.78 Å². The van der Waals surface area contributed by atoms with Crippen molar-refractivity contribution in [3.05, 3.63) is 34.9 Å². The van der Waals surface area contributed by atoms with Crippen molar-refractivity contribution in [1.29, 1.82) is 0 Å². The Hall–Kier alpha value is -0.960. The fraction of sp³-hybridized carbons (Fsp3) is 0.538. The summed E-state index contributed by atoms with van der Waals surface area (Å²) in [7, 11) is 0. The Morgan fingerprint density at radius 3 is 2.44 bits per heavy atom. The smallest absolute Gasteiger partial charge is 0.131 e. The molecule has 0 fully saturated rings. The molecule has 0 aliphatic heterocycles. The lowest BCUT2D eigenvalue weighted by Crippen LogP contribution is -2.07. The van der Waals surface area contributed by atoms with Crippen LogP contribution in [0.2, 0.25) is 0 Å². The van der Waals surface area contributed by atoms with Crippen LogP contribution in [0, 0.1) is 24.5 Å². The van der Waals surface area contributed by atoms with Crippen LogP contribution < -0.4 is 0 Å². The zero-order chi connectivity index (χ0) is 12.3. The maximum Gasteiger partial charge on any atom is 0.131 e. The Morgan fingerprint density at radius 1 is 1.25 bits per heavy atom. The molecule has 90 valence electrons. The van der Waals surface area contributed by atoms with Gasteiger partial charge in [0.05, 0.1) is 6.10 Å². The number of aryl methyl sites for hydroxylation is 1. The van der Waals surface area contributed by atoms with Crippen LogP contribution >= 0.6 is 0 Å². The maximum absolute atomic E-state index is 13.4. The number of aliphatic hydroxyl groups excluding tert-OH is 1. The van der Waals surface area contributed by atoms with Gasteiger partial charge >= 0.3 is 0 Å². The number of benzene rings is 1. The lowest BCUT2D eigenvalue weighted by Gasteiger charge is -2.16. The molecule has 16 heavy (non-hydrogen) atoms. The van der Waals surface area contributed by atoms with Gasteiger partial charge in [-0.05, 0) is 30.9 Å². The Morgan fingerprint density at radius 2 is 1.88 bits per heavy atom. The summed E-state index contributed by atoms with van der Waals surface area (Å²) >= 11 is 0. The van der Waals surface area contributed by atoms with Crippen LogP contribution in [0.15, 0.2) is 12.1 Å². The molecule has 0 aromatic heterocycles. The van der Waals surface area contributed by atoms with Crippen molar-refractivity contribution in [2.45, 2.75) is 39.7 Å². The van der Waals surface area contributed by atoms with Crippen LogP contribution in [0.3, 0.4) is 0 Å². The first-order chi connectivity index (χ1) is 7.45. The van der Waals surface area contributed by atoms with Crippen LogP contribution in [0.1, 0.15) is 43.9 Å². The third kappa shape index (κ3) is 3.01. The van der Waals surface area contributed by atoms with Gasteiger partial charge in [-0.25, -0.2) is 8.78 Å². The van der Waals surface area contributed by atoms with E-state index in [9.17, 15) is 13.9 Å². The van der Waals surface area contributed by atoms with Crippen LogP contribution in [0.5, 0.6) is 0 Å². The first-order valence-corrected chi connectivity index (χ1v) is 5.59. The molecule has 0 spiro atoms. The van der Waals surface area contributed by atoms with Gasteiger partial charge in [-0.2, -0.15) is 0 Å². The van der Waals surface area contributed by atoms with Crippen LogP contribution in [-0.4, -0.2) is 5.11 Å². The third-order valence-electron chi connectivity index (χ3n) is 2.96. The van der Waals surface area contributed by atoms with E-state index >= 15 is 0 Å². The highest BCUT2D eigenvalue weighted by Crippen LogP contribution is 2.26. The average molecular weight is 228 g/mol. The van der Waals surface area contributed by atoms with Crippen molar-refractivity contribution in [3.63, 3.8) is 0 Å². The van der Waals surface area contributed by atoms with Crippen molar-refractivity contribution in [1.82, 2.24) is 0 Å². The van der Waals surface area contributed by atoms with Gasteiger partial charge in [-0.3, -0.25) is 0 Å². The Labute approximate surface area is 95.1 Å². The molecule has 1 aromatic carbocycles. The van der Waals surface area contributed by atoms with Crippen molar-refractivity contribution in [3.8, 4) is 0 Å². The van der Waals surface area contributed by atoms with Gasteiger partial charge in [0.25, 0.3) is 0 Å². The summed E-state index contributed by atoms with van der Waals surface area (Å²) in [6.45, 7) is 5.58. The largest absolute Gasteiger partial charge is 0.388 e. The van der Waals surface area contributed by atoms with Gasteiger partial charge in [0.15, 0.2) is 0 Å². The molecule has 1 aromatic rings. The van der Waals surface area contributed by atoms with Crippen molar-refractivity contribution in [2.24, 2.45) is 5.92 Å². The molecule has 0 heterocycles. The molecular formula is C13H18F2O. The van der Waals surface area contributed by atoms with Gasteiger partial charge < -0.3 is 5.11 Å². The minimum Gasteiger partial charge on any atom is -0.388 e. The second-order valence-corrected chi connectivity index (χ2v) is 4.39. The van der Waals surface area contributed by atoms with E-state index in [0.29, 0.717) is 17.9 Å². The molecule has 3 heteroatoms. The molecule has 0 saturated heterocycles. The molecule has 0 radical (unpaired) electrons. The zero-order valence-electron chi connectivity index (χ0n) is 9.93. The second-order valence-electron chi connectivity index (χ2n) is 4.39. The van der Waals surface area contributed by atoms with Crippen LogP contribution in [-0.2, 0) is 0 Å². The SMILES string of the molecule is CCC(C)CC(O)c1cc(C)c(F)cc1F. The fourth-order valence-corrected chi connectivity index (χ4v) is 1.61. The summed E-state index contributed by atoms with van der Waals surface area (Å²) < 4.78 is 26.5. The Bertz CT molecular complexity index is 363. The predicted octanol–water partition coefficient (Wildman–Crippen LogP) is 3.74. The Balaban J connectivity index is 2.91. The van der Waals surface area contributed by atoms with Crippen molar-refractivity contribution in [2.75, 3.05) is 0 Å². The lowest BCUT2D eigenvalue weighted by molar-refractivity contribution is 0.142. The summed E-state index contributed by atoms with van der Waals surface area (Å²) in [6.07, 6.45) is 0.575. The molecule has 1 rings (SSSR count). The molecule has 0 bridgehead atoms. The number of aliphatic hydroxyl groups is 1. The standard InChI is InChI=1S/C13H18F2O/c1-4-8(2)5-13(16)10-6-9(3)11(14)7-12(10)15/h6-8,13,16H,4-5H2,1-3H3. The number of halogens is 2. The van der Waals surface area contributed by atoms with E-state index in [1.807, 2.05) is 13.8 Å². The molecule has 0 amide bonds. The van der Waals surface area contributed by atoms with E-state index in [1.165, 1.54) is 6.07 Å². The zero-order valence-corrected chi connectivity index (χ0v) is 9.93. The molecule has 1 N–H and O–H groups in total. The van der Waals surface area contributed by atoms with E-state index < -0.39 is 17.7 Å². The number of rotatable bonds is 4. The van der Waals surface area contributed by atoms with Gasteiger partial charge in [0.2, 0.25) is 0 Å². The maximum atomic E-state index is 13.4. The minimum atomic E-state index is -0.853. The molecule has 1 nitrogen and oxygen atoms in total. The molecule has 2 atom stereocenters. The first kappa shape index (κ1) is 13.1. The van der Waals surface area contributed by atoms with E-state index in [1.54, 1.807) is 6.92 Å². The third-order valence-corrected chi connectivity index (χ3v) is 2.96. The summed E-state index contributed by atoms with van der Waals surface area (Å²) in [5.74, 6) is -0.921. The molecule has 0 aliphatic carbocycles. The lowest BCUT2D eigenvalue weighted by atomic mass is 9.95. The van der Waals surface area contributed by atoms with E-state index in [-0.39, 0.29) is 5.56 Å². The highest BCUT2D eigenvalue weighted by atomic mass is 19.1. The predicted molar refractivity (Wildman–Crippen MR) is 60.1 cm³/mol. The van der Waals surface area contributed by atoms with Gasteiger partial charge in [0.1, 0.15) is 11.6 Å². The highest BCUT2D eigenvalue weighted by Gasteiger charge is 2.17. The summed E-state index contributed by atoms with van der Waals surface area (Å²) in [4.78, 5) is 0. The Kier molecular flexibility index (Phi) is 4.42. The highest BCUT2D eigenvalue weighted by molar-refractivity contribution is 5.27. The van der Waals surface area contributed by atoms with E-state index in [4.69, 9.17) is 0 Å². The number of hydrogen-bond donors (Lipinski definition) is 1.